The van der Waals surface area contributed by atoms with Crippen LogP contribution in [0.3, 0.4) is 0 Å². The number of hydrogen-bond donors (Lipinski definition) is 4. The van der Waals surface area contributed by atoms with Gasteiger partial charge in [0.15, 0.2) is 0 Å². The predicted octanol–water partition coefficient (Wildman–Crippen LogP) is 2.14. The second-order valence-electron chi connectivity index (χ2n) is 6.23. The Hall–Kier alpha value is -2.76. The molecule has 0 saturated carbocycles. The van der Waals surface area contributed by atoms with Crippen LogP contribution in [-0.4, -0.2) is 10.9 Å². The first-order valence-corrected chi connectivity index (χ1v) is 7.17. The van der Waals surface area contributed by atoms with Gasteiger partial charge in [-0.1, -0.05) is 0 Å². The number of rotatable bonds is 1. The van der Waals surface area contributed by atoms with Gasteiger partial charge in [0, 0.05) is 23.5 Å². The largest absolute Gasteiger partial charge is 0.360 e. The van der Waals surface area contributed by atoms with Gasteiger partial charge < -0.3 is 20.9 Å². The zero-order chi connectivity index (χ0) is 15.5. The quantitative estimate of drug-likeness (QED) is 0.649. The lowest BCUT2D eigenvalue weighted by Gasteiger charge is -2.15. The molecule has 6 heteroatoms. The topological polar surface area (TPSA) is 86.0 Å². The summed E-state index contributed by atoms with van der Waals surface area (Å²) in [5, 5.41) is 9.66. The number of carbonyl (C=O) groups excluding carboxylic acids is 1. The lowest BCUT2D eigenvalue weighted by molar-refractivity contribution is -0.119. The first-order valence-electron chi connectivity index (χ1n) is 7.17. The highest BCUT2D eigenvalue weighted by Crippen LogP contribution is 2.45. The summed E-state index contributed by atoms with van der Waals surface area (Å²) in [4.78, 5) is 25.8. The molecule has 112 valence electrons. The number of fused-ring (bicyclic) bond motifs is 2. The summed E-state index contributed by atoms with van der Waals surface area (Å²) in [7, 11) is 0. The number of hydrogen-bond acceptors (Lipinski definition) is 4. The molecule has 0 saturated heterocycles. The number of anilines is 3. The van der Waals surface area contributed by atoms with Crippen molar-refractivity contribution in [1.82, 2.24) is 4.98 Å². The SMILES string of the molecule is CC1(C)C(=O)Nc2cc3c(cc21)NC(c1ccc(=O)[nH]c1)N3. The minimum absolute atomic E-state index is 0.0170. The monoisotopic (exact) mass is 296 g/mol. The van der Waals surface area contributed by atoms with Crippen LogP contribution < -0.4 is 21.5 Å². The van der Waals surface area contributed by atoms with Gasteiger partial charge >= 0.3 is 0 Å². The van der Waals surface area contributed by atoms with Crippen molar-refractivity contribution in [2.75, 3.05) is 16.0 Å². The maximum Gasteiger partial charge on any atom is 0.247 e. The molecule has 0 aliphatic carbocycles. The molecule has 22 heavy (non-hydrogen) atoms. The van der Waals surface area contributed by atoms with Crippen molar-refractivity contribution in [3.05, 3.63) is 51.9 Å². The minimum Gasteiger partial charge on any atom is -0.360 e. The number of aromatic amines is 1. The highest BCUT2D eigenvalue weighted by Gasteiger charge is 2.39. The third-order valence-corrected chi connectivity index (χ3v) is 4.39. The average molecular weight is 296 g/mol. The Morgan fingerprint density at radius 2 is 1.73 bits per heavy atom. The summed E-state index contributed by atoms with van der Waals surface area (Å²) >= 11 is 0. The molecule has 1 amide bonds. The molecule has 2 aromatic rings. The molecular weight excluding hydrogens is 280 g/mol. The van der Waals surface area contributed by atoms with Gasteiger partial charge in [-0.3, -0.25) is 9.59 Å². The molecule has 0 spiro atoms. The van der Waals surface area contributed by atoms with Crippen LogP contribution in [0.2, 0.25) is 0 Å². The Morgan fingerprint density at radius 3 is 2.41 bits per heavy atom. The number of benzene rings is 1. The highest BCUT2D eigenvalue weighted by molar-refractivity contribution is 6.07. The third kappa shape index (κ3) is 1.73. The van der Waals surface area contributed by atoms with Gasteiger partial charge in [0.25, 0.3) is 0 Å². The molecule has 0 fully saturated rings. The van der Waals surface area contributed by atoms with E-state index in [1.165, 1.54) is 6.07 Å². The van der Waals surface area contributed by atoms with E-state index in [0.717, 1.165) is 28.2 Å². The van der Waals surface area contributed by atoms with Crippen LogP contribution in [-0.2, 0) is 10.2 Å². The van der Waals surface area contributed by atoms with Gasteiger partial charge in [-0.05, 0) is 37.6 Å². The summed E-state index contributed by atoms with van der Waals surface area (Å²) in [6, 6.07) is 7.26. The van der Waals surface area contributed by atoms with Crippen molar-refractivity contribution in [3.8, 4) is 0 Å². The molecule has 1 aromatic carbocycles. The van der Waals surface area contributed by atoms with E-state index in [1.807, 2.05) is 26.0 Å². The van der Waals surface area contributed by atoms with Crippen molar-refractivity contribution in [2.45, 2.75) is 25.4 Å². The molecule has 6 nitrogen and oxygen atoms in total. The first-order chi connectivity index (χ1) is 10.4. The van der Waals surface area contributed by atoms with Gasteiger partial charge in [0.05, 0.1) is 16.8 Å². The Morgan fingerprint density at radius 1 is 1.00 bits per heavy atom. The lowest BCUT2D eigenvalue weighted by Crippen LogP contribution is -2.26. The van der Waals surface area contributed by atoms with Crippen LogP contribution in [0.5, 0.6) is 0 Å². The molecule has 0 bridgehead atoms. The third-order valence-electron chi connectivity index (χ3n) is 4.39. The first kappa shape index (κ1) is 12.9. The van der Waals surface area contributed by atoms with E-state index in [0.29, 0.717) is 0 Å². The smallest absolute Gasteiger partial charge is 0.247 e. The van der Waals surface area contributed by atoms with Crippen LogP contribution >= 0.6 is 0 Å². The molecular formula is C16H16N4O2. The predicted molar refractivity (Wildman–Crippen MR) is 85.1 cm³/mol. The Bertz CT molecular complexity index is 833. The van der Waals surface area contributed by atoms with Gasteiger partial charge in [-0.2, -0.15) is 0 Å². The zero-order valence-corrected chi connectivity index (χ0v) is 12.3. The average Bonchev–Trinajstić information content (AvgIpc) is 2.98. The molecule has 1 unspecified atom stereocenters. The fraction of sp³-hybridized carbons (Fsp3) is 0.250. The number of H-pyrrole nitrogens is 1. The fourth-order valence-electron chi connectivity index (χ4n) is 2.98. The molecule has 2 aliphatic rings. The molecule has 0 radical (unpaired) electrons. The number of carbonyl (C=O) groups is 1. The van der Waals surface area contributed by atoms with E-state index >= 15 is 0 Å². The molecule has 1 atom stereocenters. The van der Waals surface area contributed by atoms with Crippen LogP contribution in [0.4, 0.5) is 17.1 Å². The molecule has 1 aromatic heterocycles. The number of aromatic nitrogens is 1. The van der Waals surface area contributed by atoms with Crippen LogP contribution in [0.1, 0.15) is 31.1 Å². The normalized spacial score (nSPS) is 20.6. The van der Waals surface area contributed by atoms with E-state index in [-0.39, 0.29) is 17.6 Å². The lowest BCUT2D eigenvalue weighted by atomic mass is 9.86. The summed E-state index contributed by atoms with van der Waals surface area (Å²) < 4.78 is 0. The molecule has 4 rings (SSSR count). The van der Waals surface area contributed by atoms with Gasteiger partial charge in [-0.25, -0.2) is 0 Å². The number of pyridine rings is 1. The van der Waals surface area contributed by atoms with E-state index < -0.39 is 5.41 Å². The standard InChI is InChI=1S/C16H16N4O2/c1-16(2)9-5-11-12(6-10(9)20-15(16)22)19-14(18-11)8-3-4-13(21)17-7-8/h3-7,14,18-19H,1-2H3,(H,17,21)(H,20,22). The van der Waals surface area contributed by atoms with Crippen molar-refractivity contribution in [1.29, 1.82) is 0 Å². The van der Waals surface area contributed by atoms with E-state index in [9.17, 15) is 9.59 Å². The van der Waals surface area contributed by atoms with Crippen molar-refractivity contribution in [2.24, 2.45) is 0 Å². The Kier molecular flexibility index (Phi) is 2.43. The van der Waals surface area contributed by atoms with Crippen molar-refractivity contribution in [3.63, 3.8) is 0 Å². The Labute approximate surface area is 126 Å². The van der Waals surface area contributed by atoms with Crippen molar-refractivity contribution >= 4 is 23.0 Å². The van der Waals surface area contributed by atoms with Crippen LogP contribution in [0, 0.1) is 0 Å². The zero-order valence-electron chi connectivity index (χ0n) is 12.3. The van der Waals surface area contributed by atoms with Crippen LogP contribution in [0.25, 0.3) is 0 Å². The summed E-state index contributed by atoms with van der Waals surface area (Å²) in [6.45, 7) is 3.84. The number of amides is 1. The van der Waals surface area contributed by atoms with E-state index in [4.69, 9.17) is 0 Å². The summed E-state index contributed by atoms with van der Waals surface area (Å²) in [5.74, 6) is 0.0170. The summed E-state index contributed by atoms with van der Waals surface area (Å²) in [5.41, 5.74) is 4.04. The summed E-state index contributed by atoms with van der Waals surface area (Å²) in [6.07, 6.45) is 1.59. The molecule has 2 aliphatic heterocycles. The van der Waals surface area contributed by atoms with Gasteiger partial charge in [0.2, 0.25) is 11.5 Å². The molecule has 3 heterocycles. The van der Waals surface area contributed by atoms with Gasteiger partial charge in [-0.15, -0.1) is 0 Å². The van der Waals surface area contributed by atoms with Crippen molar-refractivity contribution < 1.29 is 4.79 Å². The second kappa shape index (κ2) is 4.13. The van der Waals surface area contributed by atoms with Crippen LogP contribution in [0.15, 0.2) is 35.3 Å². The maximum atomic E-state index is 12.0. The molecule has 4 N–H and O–H groups in total. The maximum absolute atomic E-state index is 12.0. The van der Waals surface area contributed by atoms with E-state index in [2.05, 4.69) is 20.9 Å². The van der Waals surface area contributed by atoms with E-state index in [1.54, 1.807) is 12.3 Å². The number of nitrogens with one attached hydrogen (secondary N) is 4. The fourth-order valence-corrected chi connectivity index (χ4v) is 2.98. The minimum atomic E-state index is -0.526. The Balaban J connectivity index is 1.70. The highest BCUT2D eigenvalue weighted by atomic mass is 16.2. The van der Waals surface area contributed by atoms with Gasteiger partial charge in [0.1, 0.15) is 6.17 Å². The second-order valence-corrected chi connectivity index (χ2v) is 6.23.